The highest BCUT2D eigenvalue weighted by Crippen LogP contribution is 2.30. The van der Waals surface area contributed by atoms with E-state index in [-0.39, 0.29) is 5.78 Å². The van der Waals surface area contributed by atoms with Gasteiger partial charge in [0.2, 0.25) is 0 Å². The van der Waals surface area contributed by atoms with Crippen LogP contribution in [-0.4, -0.2) is 56.0 Å². The molecule has 0 aromatic heterocycles. The average molecular weight is 301 g/mol. The van der Waals surface area contributed by atoms with Crippen LogP contribution in [0.15, 0.2) is 18.2 Å². The number of fused-ring (bicyclic) bond motifs is 1. The molecule has 2 heterocycles. The molecule has 1 saturated heterocycles. The van der Waals surface area contributed by atoms with Crippen molar-refractivity contribution in [2.45, 2.75) is 32.7 Å². The van der Waals surface area contributed by atoms with E-state index < -0.39 is 0 Å². The molecule has 0 atom stereocenters. The van der Waals surface area contributed by atoms with Crippen molar-refractivity contribution in [1.29, 1.82) is 0 Å². The van der Waals surface area contributed by atoms with E-state index in [1.165, 1.54) is 17.7 Å². The number of nitrogens with one attached hydrogen (secondary N) is 1. The number of ketones is 1. The molecule has 0 radical (unpaired) electrons. The second-order valence-corrected chi connectivity index (χ2v) is 6.68. The van der Waals surface area contributed by atoms with Crippen LogP contribution in [0, 0.1) is 0 Å². The van der Waals surface area contributed by atoms with Crippen molar-refractivity contribution in [3.8, 4) is 0 Å². The van der Waals surface area contributed by atoms with E-state index >= 15 is 0 Å². The first-order valence-corrected chi connectivity index (χ1v) is 8.51. The smallest absolute Gasteiger partial charge is 0.176 e. The molecular weight excluding hydrogens is 274 g/mol. The maximum Gasteiger partial charge on any atom is 0.176 e. The van der Waals surface area contributed by atoms with Crippen molar-refractivity contribution in [2.75, 3.05) is 44.2 Å². The minimum Gasteiger partial charge on any atom is -0.369 e. The molecule has 4 nitrogen and oxygen atoms in total. The number of anilines is 1. The van der Waals surface area contributed by atoms with Crippen molar-refractivity contribution in [3.05, 3.63) is 29.3 Å². The molecule has 120 valence electrons. The topological polar surface area (TPSA) is 35.6 Å². The number of carbonyl (C=O) groups excluding carboxylic acids is 1. The van der Waals surface area contributed by atoms with E-state index in [1.807, 2.05) is 6.07 Å². The Morgan fingerprint density at radius 3 is 2.73 bits per heavy atom. The summed E-state index contributed by atoms with van der Waals surface area (Å²) in [5.74, 6) is 0.249. The molecule has 2 aliphatic rings. The molecule has 0 saturated carbocycles. The van der Waals surface area contributed by atoms with E-state index in [2.05, 4.69) is 41.1 Å². The number of hydrogen-bond donors (Lipinski definition) is 1. The maximum atomic E-state index is 12.6. The van der Waals surface area contributed by atoms with Crippen LogP contribution in [0.25, 0.3) is 0 Å². The van der Waals surface area contributed by atoms with Gasteiger partial charge in [-0.15, -0.1) is 0 Å². The zero-order valence-corrected chi connectivity index (χ0v) is 13.8. The lowest BCUT2D eigenvalue weighted by Gasteiger charge is -2.35. The summed E-state index contributed by atoms with van der Waals surface area (Å²) in [7, 11) is 0. The second kappa shape index (κ2) is 6.80. The van der Waals surface area contributed by atoms with Crippen molar-refractivity contribution in [1.82, 2.24) is 10.2 Å². The zero-order chi connectivity index (χ0) is 15.5. The van der Waals surface area contributed by atoms with E-state index in [1.54, 1.807) is 0 Å². The normalized spacial score (nSPS) is 19.3. The molecule has 0 unspecified atom stereocenters. The molecule has 3 rings (SSSR count). The lowest BCUT2D eigenvalue weighted by molar-refractivity contribution is 0.0921. The fourth-order valence-corrected chi connectivity index (χ4v) is 3.48. The summed E-state index contributed by atoms with van der Waals surface area (Å²) in [4.78, 5) is 17.3. The van der Waals surface area contributed by atoms with E-state index in [0.717, 1.165) is 44.7 Å². The van der Waals surface area contributed by atoms with Gasteiger partial charge in [0, 0.05) is 50.0 Å². The quantitative estimate of drug-likeness (QED) is 0.862. The van der Waals surface area contributed by atoms with Crippen molar-refractivity contribution in [3.63, 3.8) is 0 Å². The first-order chi connectivity index (χ1) is 10.6. The first-order valence-electron chi connectivity index (χ1n) is 8.51. The van der Waals surface area contributed by atoms with Crippen molar-refractivity contribution in [2.24, 2.45) is 0 Å². The predicted octanol–water partition coefficient (Wildman–Crippen LogP) is 1.94. The van der Waals surface area contributed by atoms with E-state index in [9.17, 15) is 4.79 Å². The molecule has 22 heavy (non-hydrogen) atoms. The summed E-state index contributed by atoms with van der Waals surface area (Å²) in [5.41, 5.74) is 3.52. The molecule has 1 aromatic carbocycles. The van der Waals surface area contributed by atoms with Crippen molar-refractivity contribution < 1.29 is 4.79 Å². The number of piperazine rings is 1. The Hall–Kier alpha value is -1.39. The summed E-state index contributed by atoms with van der Waals surface area (Å²) in [6.45, 7) is 10.00. The third kappa shape index (κ3) is 3.33. The van der Waals surface area contributed by atoms with Crippen LogP contribution in [0.2, 0.25) is 0 Å². The number of nitrogens with zero attached hydrogens (tertiary/aromatic N) is 2. The first kappa shape index (κ1) is 15.5. The summed E-state index contributed by atoms with van der Waals surface area (Å²) in [5, 5.41) is 3.33. The van der Waals surface area contributed by atoms with Crippen LogP contribution in [0.5, 0.6) is 0 Å². The molecule has 1 fully saturated rings. The number of aryl methyl sites for hydroxylation is 1. The standard InChI is InChI=1S/C18H27N3O/c1-14(2)21-9-3-4-15-5-6-16(12-17(15)21)18(22)13-20-10-7-19-8-11-20/h5-6,12,14,19H,3-4,7-11,13H2,1-2H3. The zero-order valence-electron chi connectivity index (χ0n) is 13.8. The average Bonchev–Trinajstić information content (AvgIpc) is 2.54. The molecule has 2 aliphatic heterocycles. The Morgan fingerprint density at radius 2 is 2.00 bits per heavy atom. The third-order valence-electron chi connectivity index (χ3n) is 4.76. The van der Waals surface area contributed by atoms with Crippen LogP contribution in [0.3, 0.4) is 0 Å². The van der Waals surface area contributed by atoms with Gasteiger partial charge in [-0.2, -0.15) is 0 Å². The molecule has 0 amide bonds. The number of hydrogen-bond acceptors (Lipinski definition) is 4. The maximum absolute atomic E-state index is 12.6. The van der Waals surface area contributed by atoms with Gasteiger partial charge >= 0.3 is 0 Å². The summed E-state index contributed by atoms with van der Waals surface area (Å²) in [6, 6.07) is 6.79. The predicted molar refractivity (Wildman–Crippen MR) is 90.9 cm³/mol. The largest absolute Gasteiger partial charge is 0.369 e. The van der Waals surface area contributed by atoms with Gasteiger partial charge in [0.1, 0.15) is 0 Å². The minimum absolute atomic E-state index is 0.249. The SMILES string of the molecule is CC(C)N1CCCc2ccc(C(=O)CN3CCNCC3)cc21. The Bertz CT molecular complexity index is 535. The van der Waals surface area contributed by atoms with Crippen LogP contribution < -0.4 is 10.2 Å². The number of benzene rings is 1. The highest BCUT2D eigenvalue weighted by Gasteiger charge is 2.21. The Kier molecular flexibility index (Phi) is 4.79. The van der Waals surface area contributed by atoms with E-state index in [0.29, 0.717) is 12.6 Å². The van der Waals surface area contributed by atoms with Gasteiger partial charge < -0.3 is 10.2 Å². The fourth-order valence-electron chi connectivity index (χ4n) is 3.48. The highest BCUT2D eigenvalue weighted by atomic mass is 16.1. The Labute approximate surface area is 133 Å². The van der Waals surface area contributed by atoms with Gasteiger partial charge in [-0.25, -0.2) is 0 Å². The van der Waals surface area contributed by atoms with Gasteiger partial charge in [0.05, 0.1) is 6.54 Å². The van der Waals surface area contributed by atoms with Crippen LogP contribution in [-0.2, 0) is 6.42 Å². The number of carbonyl (C=O) groups is 1. The monoisotopic (exact) mass is 301 g/mol. The second-order valence-electron chi connectivity index (χ2n) is 6.68. The summed E-state index contributed by atoms with van der Waals surface area (Å²) >= 11 is 0. The van der Waals surface area contributed by atoms with Gasteiger partial charge in [0.25, 0.3) is 0 Å². The molecule has 1 N–H and O–H groups in total. The van der Waals surface area contributed by atoms with Gasteiger partial charge in [-0.05, 0) is 38.3 Å². The number of rotatable bonds is 4. The van der Waals surface area contributed by atoms with Gasteiger partial charge in [0.15, 0.2) is 5.78 Å². The van der Waals surface area contributed by atoms with Gasteiger partial charge in [-0.1, -0.05) is 12.1 Å². The minimum atomic E-state index is 0.249. The summed E-state index contributed by atoms with van der Waals surface area (Å²) in [6.07, 6.45) is 2.34. The third-order valence-corrected chi connectivity index (χ3v) is 4.76. The molecular formula is C18H27N3O. The molecule has 0 spiro atoms. The van der Waals surface area contributed by atoms with Crippen LogP contribution in [0.4, 0.5) is 5.69 Å². The fraction of sp³-hybridized carbons (Fsp3) is 0.611. The van der Waals surface area contributed by atoms with Crippen LogP contribution >= 0.6 is 0 Å². The lowest BCUT2D eigenvalue weighted by Crippen LogP contribution is -2.45. The van der Waals surface area contributed by atoms with Crippen LogP contribution in [0.1, 0.15) is 36.2 Å². The van der Waals surface area contributed by atoms with E-state index in [4.69, 9.17) is 0 Å². The lowest BCUT2D eigenvalue weighted by atomic mass is 9.97. The molecule has 4 heteroatoms. The molecule has 0 aliphatic carbocycles. The van der Waals surface area contributed by atoms with Gasteiger partial charge in [-0.3, -0.25) is 9.69 Å². The Balaban J connectivity index is 1.76. The Morgan fingerprint density at radius 1 is 1.23 bits per heavy atom. The van der Waals surface area contributed by atoms with Crippen molar-refractivity contribution >= 4 is 11.5 Å². The number of Topliss-reactive ketones (excluding diaryl/α,β-unsaturated/α-hetero) is 1. The molecule has 0 bridgehead atoms. The molecule has 1 aromatic rings. The highest BCUT2D eigenvalue weighted by molar-refractivity contribution is 5.98. The summed E-state index contributed by atoms with van der Waals surface area (Å²) < 4.78 is 0.